The zero-order valence-corrected chi connectivity index (χ0v) is 10.8. The van der Waals surface area contributed by atoms with Crippen LogP contribution in [0, 0.1) is 0 Å². The fourth-order valence-corrected chi connectivity index (χ4v) is 2.38. The highest BCUT2D eigenvalue weighted by Crippen LogP contribution is 2.32. The molecule has 3 rings (SSSR count). The van der Waals surface area contributed by atoms with E-state index in [1.807, 2.05) is 42.5 Å². The Morgan fingerprint density at radius 3 is 2.42 bits per heavy atom. The fourth-order valence-electron chi connectivity index (χ4n) is 2.38. The molecule has 0 saturated carbocycles. The van der Waals surface area contributed by atoms with Crippen LogP contribution in [0.2, 0.25) is 0 Å². The quantitative estimate of drug-likeness (QED) is 0.694. The van der Waals surface area contributed by atoms with Gasteiger partial charge in [0.25, 0.3) is 0 Å². The molecule has 0 unspecified atom stereocenters. The van der Waals surface area contributed by atoms with E-state index in [0.717, 1.165) is 27.8 Å². The normalized spacial score (nSPS) is 10.6. The van der Waals surface area contributed by atoms with Gasteiger partial charge < -0.3 is 10.5 Å². The van der Waals surface area contributed by atoms with Gasteiger partial charge in [0.05, 0.1) is 7.11 Å². The molecule has 0 aromatic heterocycles. The summed E-state index contributed by atoms with van der Waals surface area (Å²) in [6.45, 7) is 0. The summed E-state index contributed by atoms with van der Waals surface area (Å²) in [7, 11) is 1.68. The average molecular weight is 249 g/mol. The van der Waals surface area contributed by atoms with E-state index >= 15 is 0 Å². The zero-order valence-electron chi connectivity index (χ0n) is 10.8. The van der Waals surface area contributed by atoms with Crippen LogP contribution in [0.5, 0.6) is 5.75 Å². The molecule has 0 fully saturated rings. The van der Waals surface area contributed by atoms with Crippen molar-refractivity contribution < 1.29 is 4.74 Å². The van der Waals surface area contributed by atoms with Gasteiger partial charge >= 0.3 is 0 Å². The maximum atomic E-state index is 6.03. The van der Waals surface area contributed by atoms with E-state index in [9.17, 15) is 0 Å². The second-order valence-corrected chi connectivity index (χ2v) is 4.48. The predicted octanol–water partition coefficient (Wildman–Crippen LogP) is 4.10. The SMILES string of the molecule is COc1cccc(-c2cccc3c(N)cccc23)c1. The van der Waals surface area contributed by atoms with E-state index in [1.54, 1.807) is 7.11 Å². The molecule has 19 heavy (non-hydrogen) atoms. The number of nitrogens with two attached hydrogens (primary N) is 1. The summed E-state index contributed by atoms with van der Waals surface area (Å²) in [5.74, 6) is 0.860. The summed E-state index contributed by atoms with van der Waals surface area (Å²) in [6, 6.07) is 20.3. The number of hydrogen-bond donors (Lipinski definition) is 1. The summed E-state index contributed by atoms with van der Waals surface area (Å²) in [6.07, 6.45) is 0. The maximum absolute atomic E-state index is 6.03. The van der Waals surface area contributed by atoms with Crippen molar-refractivity contribution in [1.29, 1.82) is 0 Å². The first kappa shape index (κ1) is 11.6. The lowest BCUT2D eigenvalue weighted by atomic mass is 9.97. The highest BCUT2D eigenvalue weighted by Gasteiger charge is 2.05. The predicted molar refractivity (Wildman–Crippen MR) is 80.3 cm³/mol. The third-order valence-electron chi connectivity index (χ3n) is 3.34. The van der Waals surface area contributed by atoms with Gasteiger partial charge in [-0.3, -0.25) is 0 Å². The first-order chi connectivity index (χ1) is 9.29. The van der Waals surface area contributed by atoms with Gasteiger partial charge in [0, 0.05) is 11.1 Å². The Balaban J connectivity index is 2.27. The van der Waals surface area contributed by atoms with Gasteiger partial charge in [0.1, 0.15) is 5.75 Å². The molecular weight excluding hydrogens is 234 g/mol. The van der Waals surface area contributed by atoms with Crippen molar-refractivity contribution in [3.63, 3.8) is 0 Å². The van der Waals surface area contributed by atoms with Crippen molar-refractivity contribution in [2.24, 2.45) is 0 Å². The molecule has 0 heterocycles. The first-order valence-electron chi connectivity index (χ1n) is 6.21. The molecule has 0 aliphatic heterocycles. The smallest absolute Gasteiger partial charge is 0.119 e. The van der Waals surface area contributed by atoms with Gasteiger partial charge in [0.2, 0.25) is 0 Å². The van der Waals surface area contributed by atoms with E-state index in [1.165, 1.54) is 5.56 Å². The Morgan fingerprint density at radius 2 is 1.58 bits per heavy atom. The summed E-state index contributed by atoms with van der Waals surface area (Å²) < 4.78 is 5.29. The number of rotatable bonds is 2. The van der Waals surface area contributed by atoms with Crippen molar-refractivity contribution in [2.45, 2.75) is 0 Å². The third-order valence-corrected chi connectivity index (χ3v) is 3.34. The molecule has 2 heteroatoms. The number of nitrogen functional groups attached to an aromatic ring is 1. The Labute approximate surface area is 112 Å². The molecule has 0 bridgehead atoms. The number of benzene rings is 3. The van der Waals surface area contributed by atoms with Crippen LogP contribution < -0.4 is 10.5 Å². The van der Waals surface area contributed by atoms with Crippen molar-refractivity contribution in [2.75, 3.05) is 12.8 Å². The number of anilines is 1. The van der Waals surface area contributed by atoms with Crippen molar-refractivity contribution in [1.82, 2.24) is 0 Å². The third kappa shape index (κ3) is 2.02. The van der Waals surface area contributed by atoms with Gasteiger partial charge in [-0.15, -0.1) is 0 Å². The van der Waals surface area contributed by atoms with Gasteiger partial charge in [-0.2, -0.15) is 0 Å². The first-order valence-corrected chi connectivity index (χ1v) is 6.21. The molecular formula is C17H15NO. The van der Waals surface area contributed by atoms with Gasteiger partial charge in [0.15, 0.2) is 0 Å². The second kappa shape index (κ2) is 4.65. The molecule has 3 aromatic rings. The van der Waals surface area contributed by atoms with E-state index in [2.05, 4.69) is 18.2 Å². The summed E-state index contributed by atoms with van der Waals surface area (Å²) in [5, 5.41) is 2.25. The van der Waals surface area contributed by atoms with Gasteiger partial charge in [-0.05, 0) is 34.7 Å². The monoisotopic (exact) mass is 249 g/mol. The van der Waals surface area contributed by atoms with E-state index in [0.29, 0.717) is 0 Å². The van der Waals surface area contributed by atoms with Crippen LogP contribution in [0.4, 0.5) is 5.69 Å². The molecule has 0 aliphatic rings. The standard InChI is InChI=1S/C17H15NO/c1-19-13-6-2-5-12(11-13)14-7-3-9-16-15(14)8-4-10-17(16)18/h2-11H,18H2,1H3. The lowest BCUT2D eigenvalue weighted by Gasteiger charge is -2.09. The van der Waals surface area contributed by atoms with Crippen molar-refractivity contribution >= 4 is 16.5 Å². The zero-order chi connectivity index (χ0) is 13.2. The number of ether oxygens (including phenoxy) is 1. The van der Waals surface area contributed by atoms with E-state index < -0.39 is 0 Å². The van der Waals surface area contributed by atoms with Crippen LogP contribution in [0.15, 0.2) is 60.7 Å². The van der Waals surface area contributed by atoms with E-state index in [4.69, 9.17) is 10.5 Å². The lowest BCUT2D eigenvalue weighted by Crippen LogP contribution is -1.89. The van der Waals surface area contributed by atoms with Crippen LogP contribution in [0.3, 0.4) is 0 Å². The molecule has 94 valence electrons. The second-order valence-electron chi connectivity index (χ2n) is 4.48. The lowest BCUT2D eigenvalue weighted by molar-refractivity contribution is 0.415. The maximum Gasteiger partial charge on any atom is 0.119 e. The highest BCUT2D eigenvalue weighted by molar-refractivity contribution is 6.02. The van der Waals surface area contributed by atoms with Crippen LogP contribution in [0.1, 0.15) is 0 Å². The van der Waals surface area contributed by atoms with Crippen molar-refractivity contribution in [3.05, 3.63) is 60.7 Å². The molecule has 0 saturated heterocycles. The van der Waals surface area contributed by atoms with Gasteiger partial charge in [-0.1, -0.05) is 42.5 Å². The van der Waals surface area contributed by atoms with Crippen LogP contribution in [0.25, 0.3) is 21.9 Å². The summed E-state index contributed by atoms with van der Waals surface area (Å²) in [5.41, 5.74) is 9.15. The summed E-state index contributed by atoms with van der Waals surface area (Å²) >= 11 is 0. The highest BCUT2D eigenvalue weighted by atomic mass is 16.5. The van der Waals surface area contributed by atoms with E-state index in [-0.39, 0.29) is 0 Å². The molecule has 2 nitrogen and oxygen atoms in total. The van der Waals surface area contributed by atoms with Gasteiger partial charge in [-0.25, -0.2) is 0 Å². The Morgan fingerprint density at radius 1 is 0.842 bits per heavy atom. The van der Waals surface area contributed by atoms with Crippen molar-refractivity contribution in [3.8, 4) is 16.9 Å². The summed E-state index contributed by atoms with van der Waals surface area (Å²) in [4.78, 5) is 0. The number of methoxy groups -OCH3 is 1. The van der Waals surface area contributed by atoms with Crippen LogP contribution >= 0.6 is 0 Å². The molecule has 0 aliphatic carbocycles. The van der Waals surface area contributed by atoms with Crippen LogP contribution in [-0.2, 0) is 0 Å². The minimum absolute atomic E-state index is 0.808. The molecule has 0 amide bonds. The average Bonchev–Trinajstić information content (AvgIpc) is 2.47. The largest absolute Gasteiger partial charge is 0.497 e. The number of fused-ring (bicyclic) bond motifs is 1. The Kier molecular flexibility index (Phi) is 2.84. The molecule has 0 spiro atoms. The Hall–Kier alpha value is -2.48. The molecule has 0 atom stereocenters. The minimum Gasteiger partial charge on any atom is -0.497 e. The molecule has 2 N–H and O–H groups in total. The number of hydrogen-bond acceptors (Lipinski definition) is 2. The minimum atomic E-state index is 0.808. The van der Waals surface area contributed by atoms with Crippen LogP contribution in [-0.4, -0.2) is 7.11 Å². The topological polar surface area (TPSA) is 35.2 Å². The Bertz CT molecular complexity index is 734. The fraction of sp³-hybridized carbons (Fsp3) is 0.0588. The molecule has 0 radical (unpaired) electrons. The molecule has 3 aromatic carbocycles.